The largest absolute Gasteiger partial charge is 0.506 e. The van der Waals surface area contributed by atoms with Gasteiger partial charge < -0.3 is 20.3 Å². The molecule has 34 heavy (non-hydrogen) atoms. The number of phenols is 1. The molecule has 3 aromatic carbocycles. The number of sulfonamides is 1. The summed E-state index contributed by atoms with van der Waals surface area (Å²) < 4.78 is 44.6. The van der Waals surface area contributed by atoms with Gasteiger partial charge in [-0.25, -0.2) is 12.8 Å². The SMILES string of the molecule is COc1ccc([C@@H](Cc2ccccc2)NC[C@@H](O)Cc2ccc(O)c(NS(C)(=O)=O)c2)cc1F. The Kier molecular flexibility index (Phi) is 8.49. The van der Waals surface area contributed by atoms with Crippen LogP contribution in [-0.4, -0.2) is 44.6 Å². The summed E-state index contributed by atoms with van der Waals surface area (Å²) in [7, 11) is -2.15. The van der Waals surface area contributed by atoms with E-state index < -0.39 is 21.9 Å². The van der Waals surface area contributed by atoms with Crippen molar-refractivity contribution < 1.29 is 27.8 Å². The van der Waals surface area contributed by atoms with E-state index >= 15 is 0 Å². The van der Waals surface area contributed by atoms with Crippen molar-refractivity contribution in [1.82, 2.24) is 5.32 Å². The van der Waals surface area contributed by atoms with Gasteiger partial charge in [0.2, 0.25) is 10.0 Å². The number of benzene rings is 3. The number of hydrogen-bond acceptors (Lipinski definition) is 6. The predicted octanol–water partition coefficient (Wildman–Crippen LogP) is 3.39. The molecule has 9 heteroatoms. The molecule has 2 atom stereocenters. The van der Waals surface area contributed by atoms with Gasteiger partial charge in [-0.15, -0.1) is 0 Å². The zero-order valence-electron chi connectivity index (χ0n) is 19.0. The highest BCUT2D eigenvalue weighted by molar-refractivity contribution is 7.92. The molecule has 0 aromatic heterocycles. The molecule has 0 heterocycles. The molecule has 0 saturated carbocycles. The molecule has 3 aromatic rings. The summed E-state index contributed by atoms with van der Waals surface area (Å²) in [5.74, 6) is -0.505. The minimum absolute atomic E-state index is 0.0517. The quantitative estimate of drug-likeness (QED) is 0.308. The molecule has 7 nitrogen and oxygen atoms in total. The number of aromatic hydroxyl groups is 1. The van der Waals surface area contributed by atoms with E-state index in [4.69, 9.17) is 4.74 Å². The Morgan fingerprint density at radius 3 is 2.38 bits per heavy atom. The van der Waals surface area contributed by atoms with Crippen LogP contribution in [0.1, 0.15) is 22.7 Å². The Labute approximate surface area is 199 Å². The Morgan fingerprint density at radius 1 is 1.00 bits per heavy atom. The minimum Gasteiger partial charge on any atom is -0.506 e. The molecular formula is C25H29FN2O5S. The van der Waals surface area contributed by atoms with E-state index in [1.807, 2.05) is 30.3 Å². The molecule has 0 aliphatic rings. The van der Waals surface area contributed by atoms with Crippen LogP contribution in [0.5, 0.6) is 11.5 Å². The van der Waals surface area contributed by atoms with Gasteiger partial charge in [0.1, 0.15) is 5.75 Å². The predicted molar refractivity (Wildman–Crippen MR) is 130 cm³/mol. The average molecular weight is 489 g/mol. The number of anilines is 1. The summed E-state index contributed by atoms with van der Waals surface area (Å²) in [4.78, 5) is 0. The lowest BCUT2D eigenvalue weighted by Gasteiger charge is -2.22. The van der Waals surface area contributed by atoms with Crippen LogP contribution in [0.4, 0.5) is 10.1 Å². The fourth-order valence-electron chi connectivity index (χ4n) is 3.67. The molecule has 0 saturated heterocycles. The Hall–Kier alpha value is -3.14. The molecule has 4 N–H and O–H groups in total. The third-order valence-corrected chi connectivity index (χ3v) is 5.88. The number of ether oxygens (including phenoxy) is 1. The lowest BCUT2D eigenvalue weighted by molar-refractivity contribution is 0.167. The van der Waals surface area contributed by atoms with Crippen molar-refractivity contribution in [3.8, 4) is 11.5 Å². The summed E-state index contributed by atoms with van der Waals surface area (Å²) in [6, 6.07) is 18.8. The van der Waals surface area contributed by atoms with Gasteiger partial charge in [0.05, 0.1) is 25.2 Å². The first kappa shape index (κ1) is 25.5. The van der Waals surface area contributed by atoms with E-state index in [2.05, 4.69) is 10.0 Å². The first-order valence-electron chi connectivity index (χ1n) is 10.7. The summed E-state index contributed by atoms with van der Waals surface area (Å²) in [6.07, 6.45) is 0.992. The van der Waals surface area contributed by atoms with Crippen molar-refractivity contribution in [2.24, 2.45) is 0 Å². The molecule has 182 valence electrons. The molecule has 3 rings (SSSR count). The van der Waals surface area contributed by atoms with Crippen LogP contribution in [0.15, 0.2) is 66.7 Å². The number of phenolic OH excluding ortho intramolecular Hbond substituents is 1. The van der Waals surface area contributed by atoms with E-state index in [9.17, 15) is 23.0 Å². The molecule has 0 fully saturated rings. The van der Waals surface area contributed by atoms with Crippen molar-refractivity contribution in [2.75, 3.05) is 24.6 Å². The summed E-state index contributed by atoms with van der Waals surface area (Å²) in [5, 5.41) is 23.8. The number of nitrogens with one attached hydrogen (secondary N) is 2. The maximum atomic E-state index is 14.4. The van der Waals surface area contributed by atoms with E-state index in [-0.39, 0.29) is 36.2 Å². The maximum Gasteiger partial charge on any atom is 0.229 e. The number of hydrogen-bond donors (Lipinski definition) is 4. The van der Waals surface area contributed by atoms with Gasteiger partial charge in [0.15, 0.2) is 11.6 Å². The van der Waals surface area contributed by atoms with Crippen LogP contribution in [-0.2, 0) is 22.9 Å². The van der Waals surface area contributed by atoms with E-state index in [0.29, 0.717) is 12.0 Å². The van der Waals surface area contributed by atoms with Gasteiger partial charge in [0, 0.05) is 12.6 Å². The standard InChI is InChI=1S/C25H29FN2O5S/c1-33-25-11-9-19(15-21(25)26)22(13-17-6-4-3-5-7-17)27-16-20(29)12-18-8-10-24(30)23(14-18)28-34(2,31)32/h3-11,14-15,20,22,27-30H,12-13,16H2,1-2H3/t20-,22+/m0/s1. The van der Waals surface area contributed by atoms with Crippen LogP contribution in [0.25, 0.3) is 0 Å². The molecule has 0 aliphatic heterocycles. The van der Waals surface area contributed by atoms with Gasteiger partial charge in [-0.05, 0) is 53.8 Å². The van der Waals surface area contributed by atoms with Crippen LogP contribution in [0, 0.1) is 5.82 Å². The number of rotatable bonds is 11. The van der Waals surface area contributed by atoms with Gasteiger partial charge in [-0.2, -0.15) is 0 Å². The first-order valence-corrected chi connectivity index (χ1v) is 12.6. The van der Waals surface area contributed by atoms with Gasteiger partial charge in [0.25, 0.3) is 0 Å². The lowest BCUT2D eigenvalue weighted by atomic mass is 9.98. The second kappa shape index (κ2) is 11.3. The van der Waals surface area contributed by atoms with Crippen molar-refractivity contribution in [1.29, 1.82) is 0 Å². The highest BCUT2D eigenvalue weighted by Gasteiger charge is 2.17. The highest BCUT2D eigenvalue weighted by Crippen LogP contribution is 2.27. The number of aliphatic hydroxyl groups excluding tert-OH is 1. The second-order valence-electron chi connectivity index (χ2n) is 8.13. The second-order valence-corrected chi connectivity index (χ2v) is 9.88. The van der Waals surface area contributed by atoms with Crippen molar-refractivity contribution in [3.05, 3.63) is 89.2 Å². The summed E-state index contributed by atoms with van der Waals surface area (Å²) in [6.45, 7) is 0.209. The van der Waals surface area contributed by atoms with Crippen LogP contribution in [0.3, 0.4) is 0 Å². The summed E-state index contributed by atoms with van der Waals surface area (Å²) in [5.41, 5.74) is 2.48. The Bertz CT molecular complexity index is 1210. The zero-order chi connectivity index (χ0) is 24.7. The van der Waals surface area contributed by atoms with E-state index in [1.165, 1.54) is 25.3 Å². The monoisotopic (exact) mass is 488 g/mol. The van der Waals surface area contributed by atoms with Crippen LogP contribution < -0.4 is 14.8 Å². The van der Waals surface area contributed by atoms with Crippen molar-refractivity contribution in [3.63, 3.8) is 0 Å². The third kappa shape index (κ3) is 7.44. The van der Waals surface area contributed by atoms with Gasteiger partial charge in [-0.3, -0.25) is 4.72 Å². The number of aliphatic hydroxyl groups is 1. The van der Waals surface area contributed by atoms with Crippen LogP contribution >= 0.6 is 0 Å². The zero-order valence-corrected chi connectivity index (χ0v) is 19.8. The average Bonchev–Trinajstić information content (AvgIpc) is 2.78. The minimum atomic E-state index is -3.56. The molecular weight excluding hydrogens is 459 g/mol. The topological polar surface area (TPSA) is 108 Å². The fourth-order valence-corrected chi connectivity index (χ4v) is 4.23. The molecule has 0 radical (unpaired) electrons. The molecule has 0 amide bonds. The molecule has 0 bridgehead atoms. The normalized spacial score (nSPS) is 13.3. The lowest BCUT2D eigenvalue weighted by Crippen LogP contribution is -2.32. The number of methoxy groups -OCH3 is 1. The van der Waals surface area contributed by atoms with E-state index in [1.54, 1.807) is 18.2 Å². The van der Waals surface area contributed by atoms with Gasteiger partial charge >= 0.3 is 0 Å². The van der Waals surface area contributed by atoms with E-state index in [0.717, 1.165) is 17.4 Å². The molecule has 0 aliphatic carbocycles. The smallest absolute Gasteiger partial charge is 0.229 e. The summed E-state index contributed by atoms with van der Waals surface area (Å²) >= 11 is 0. The Morgan fingerprint density at radius 2 is 1.74 bits per heavy atom. The number of halogens is 1. The molecule has 0 spiro atoms. The maximum absolute atomic E-state index is 14.4. The molecule has 0 unspecified atom stereocenters. The Balaban J connectivity index is 1.72. The van der Waals surface area contributed by atoms with Crippen LogP contribution in [0.2, 0.25) is 0 Å². The highest BCUT2D eigenvalue weighted by atomic mass is 32.2. The van der Waals surface area contributed by atoms with Crippen molar-refractivity contribution in [2.45, 2.75) is 25.0 Å². The van der Waals surface area contributed by atoms with Crippen molar-refractivity contribution >= 4 is 15.7 Å². The first-order chi connectivity index (χ1) is 16.1. The fraction of sp³-hybridized carbons (Fsp3) is 0.280. The van der Waals surface area contributed by atoms with Gasteiger partial charge in [-0.1, -0.05) is 42.5 Å². The third-order valence-electron chi connectivity index (χ3n) is 5.29.